The first-order valence-electron chi connectivity index (χ1n) is 12.0. The fraction of sp³-hybridized carbons (Fsp3) is 0.444. The van der Waals surface area contributed by atoms with E-state index >= 15 is 0 Å². The Hall–Kier alpha value is -3.95. The van der Waals surface area contributed by atoms with Gasteiger partial charge in [0.1, 0.15) is 0 Å². The molecule has 0 aromatic heterocycles. The summed E-state index contributed by atoms with van der Waals surface area (Å²) in [5.41, 5.74) is 7.63. The molecule has 0 spiro atoms. The topological polar surface area (TPSA) is 134 Å². The van der Waals surface area contributed by atoms with Gasteiger partial charge in [-0.2, -0.15) is 0 Å². The number of rotatable bonds is 13. The summed E-state index contributed by atoms with van der Waals surface area (Å²) in [4.78, 5) is 29.6. The van der Waals surface area contributed by atoms with Crippen LogP contribution in [0.15, 0.2) is 41.4 Å². The van der Waals surface area contributed by atoms with E-state index in [0.717, 1.165) is 11.1 Å². The van der Waals surface area contributed by atoms with Gasteiger partial charge in [-0.25, -0.2) is 4.99 Å². The van der Waals surface area contributed by atoms with Gasteiger partial charge in [0.2, 0.25) is 11.8 Å². The van der Waals surface area contributed by atoms with Crippen molar-refractivity contribution >= 4 is 17.8 Å². The quantitative estimate of drug-likeness (QED) is 0.276. The van der Waals surface area contributed by atoms with Crippen LogP contribution in [0.4, 0.5) is 0 Å². The number of amides is 2. The maximum atomic E-state index is 12.7. The van der Waals surface area contributed by atoms with E-state index in [1.54, 1.807) is 45.6 Å². The zero-order chi connectivity index (χ0) is 27.4. The zero-order valence-corrected chi connectivity index (χ0v) is 22.4. The maximum Gasteiger partial charge on any atom is 0.231 e. The van der Waals surface area contributed by atoms with Crippen LogP contribution in [0.25, 0.3) is 0 Å². The first kappa shape index (κ1) is 29.3. The largest absolute Gasteiger partial charge is 0.493 e. The summed E-state index contributed by atoms with van der Waals surface area (Å²) in [5.74, 6) is 2.08. The van der Waals surface area contributed by atoms with E-state index < -0.39 is 0 Å². The third-order valence-corrected chi connectivity index (χ3v) is 5.50. The molecule has 4 N–H and O–H groups in total. The molecule has 0 unspecified atom stereocenters. The van der Waals surface area contributed by atoms with E-state index in [1.165, 1.54) is 7.11 Å². The van der Waals surface area contributed by atoms with Gasteiger partial charge < -0.3 is 30.0 Å². The Morgan fingerprint density at radius 1 is 0.838 bits per heavy atom. The third-order valence-electron chi connectivity index (χ3n) is 5.50. The Labute approximate surface area is 218 Å². The molecule has 0 bridgehead atoms. The molecule has 2 aromatic carbocycles. The molecule has 2 rings (SSSR count). The Kier molecular flexibility index (Phi) is 11.5. The summed E-state index contributed by atoms with van der Waals surface area (Å²) in [7, 11) is 6.21. The van der Waals surface area contributed by atoms with Crippen molar-refractivity contribution in [3.05, 3.63) is 47.5 Å². The molecule has 2 aromatic rings. The minimum absolute atomic E-state index is 0.0242. The number of aliphatic imine (C=N–C) groups is 1. The van der Waals surface area contributed by atoms with Gasteiger partial charge in [-0.05, 0) is 47.7 Å². The number of nitrogens with one attached hydrogen (secondary N) is 2. The smallest absolute Gasteiger partial charge is 0.231 e. The number of hydrogen-bond acceptors (Lipinski definition) is 7. The van der Waals surface area contributed by atoms with E-state index in [4.69, 9.17) is 24.7 Å². The molecule has 10 heteroatoms. The van der Waals surface area contributed by atoms with Crippen LogP contribution in [-0.2, 0) is 22.6 Å². The minimum Gasteiger partial charge on any atom is -0.493 e. The predicted molar refractivity (Wildman–Crippen MR) is 142 cm³/mol. The molecular formula is C27H38N4O6. The summed E-state index contributed by atoms with van der Waals surface area (Å²) < 4.78 is 21.1. The number of benzene rings is 2. The number of carbonyl (C=O) groups excluding carboxylic acids is 2. The second-order valence-electron chi connectivity index (χ2n) is 8.88. The molecule has 0 heterocycles. The van der Waals surface area contributed by atoms with Crippen LogP contribution in [0, 0.1) is 5.92 Å². The van der Waals surface area contributed by atoms with Crippen LogP contribution in [0.5, 0.6) is 23.0 Å². The molecule has 0 saturated heterocycles. The highest BCUT2D eigenvalue weighted by atomic mass is 16.5. The number of nitrogens with zero attached hydrogens (tertiary/aromatic N) is 1. The fourth-order valence-electron chi connectivity index (χ4n) is 3.80. The summed E-state index contributed by atoms with van der Waals surface area (Å²) >= 11 is 0. The highest BCUT2D eigenvalue weighted by molar-refractivity contribution is 5.97. The van der Waals surface area contributed by atoms with Crippen LogP contribution >= 0.6 is 0 Å². The number of carbonyl (C=O) groups is 2. The summed E-state index contributed by atoms with van der Waals surface area (Å²) in [6, 6.07) is 10.3. The van der Waals surface area contributed by atoms with Gasteiger partial charge in [-0.1, -0.05) is 26.0 Å². The molecular weight excluding hydrogens is 476 g/mol. The first-order valence-corrected chi connectivity index (χ1v) is 12.0. The lowest BCUT2D eigenvalue weighted by Crippen LogP contribution is -2.39. The van der Waals surface area contributed by atoms with Gasteiger partial charge in [-0.3, -0.25) is 14.9 Å². The SMILES string of the molecule is COc1ccc(CNC(=O)C[C@@H](CC(C)C)N=C(N)NC(=O)Cc2ccc(OC)c(OC)c2)cc1OC. The lowest BCUT2D eigenvalue weighted by atomic mass is 10.0. The lowest BCUT2D eigenvalue weighted by molar-refractivity contribution is -0.121. The Balaban J connectivity index is 1.97. The van der Waals surface area contributed by atoms with Crippen LogP contribution < -0.4 is 35.3 Å². The molecule has 0 aliphatic heterocycles. The second-order valence-corrected chi connectivity index (χ2v) is 8.88. The van der Waals surface area contributed by atoms with Crippen molar-refractivity contribution in [1.82, 2.24) is 10.6 Å². The first-order chi connectivity index (χ1) is 17.7. The molecule has 0 fully saturated rings. The van der Waals surface area contributed by atoms with Crippen LogP contribution in [0.2, 0.25) is 0 Å². The number of methoxy groups -OCH3 is 4. The van der Waals surface area contributed by atoms with Crippen molar-refractivity contribution in [2.75, 3.05) is 28.4 Å². The number of nitrogens with two attached hydrogens (primary N) is 1. The van der Waals surface area contributed by atoms with E-state index in [9.17, 15) is 9.59 Å². The Morgan fingerprint density at radius 2 is 1.38 bits per heavy atom. The van der Waals surface area contributed by atoms with Crippen molar-refractivity contribution in [3.63, 3.8) is 0 Å². The zero-order valence-electron chi connectivity index (χ0n) is 22.4. The normalized spacial score (nSPS) is 12.0. The van der Waals surface area contributed by atoms with Gasteiger partial charge in [0, 0.05) is 13.0 Å². The highest BCUT2D eigenvalue weighted by Gasteiger charge is 2.17. The maximum absolute atomic E-state index is 12.7. The van der Waals surface area contributed by atoms with Crippen molar-refractivity contribution in [1.29, 1.82) is 0 Å². The standard InChI is InChI=1S/C27H38N4O6/c1-17(2)11-20(15-25(32)29-16-19-8-10-22(35-4)24(13-19)37-6)30-27(28)31-26(33)14-18-7-9-21(34-3)23(12-18)36-5/h7-10,12-13,17,20H,11,14-16H2,1-6H3,(H,29,32)(H3,28,30,31,33)/t20-/m1/s1. The van der Waals surface area contributed by atoms with Crippen molar-refractivity contribution in [2.45, 2.75) is 45.7 Å². The lowest BCUT2D eigenvalue weighted by Gasteiger charge is -2.16. The summed E-state index contributed by atoms with van der Waals surface area (Å²) in [6.45, 7) is 4.40. The second kappa shape index (κ2) is 14.6. The van der Waals surface area contributed by atoms with Gasteiger partial charge in [0.25, 0.3) is 0 Å². The van der Waals surface area contributed by atoms with Crippen molar-refractivity contribution < 1.29 is 28.5 Å². The summed E-state index contributed by atoms with van der Waals surface area (Å²) in [5, 5.41) is 5.52. The Morgan fingerprint density at radius 3 is 1.92 bits per heavy atom. The molecule has 0 saturated carbocycles. The van der Waals surface area contributed by atoms with Gasteiger partial charge in [-0.15, -0.1) is 0 Å². The number of ether oxygens (including phenoxy) is 4. The molecule has 0 radical (unpaired) electrons. The molecule has 0 aliphatic rings. The highest BCUT2D eigenvalue weighted by Crippen LogP contribution is 2.28. The van der Waals surface area contributed by atoms with E-state index in [-0.39, 0.29) is 42.6 Å². The molecule has 37 heavy (non-hydrogen) atoms. The fourth-order valence-corrected chi connectivity index (χ4v) is 3.80. The third kappa shape index (κ3) is 9.55. The van der Waals surface area contributed by atoms with Gasteiger partial charge in [0.15, 0.2) is 29.0 Å². The van der Waals surface area contributed by atoms with Crippen LogP contribution in [-0.4, -0.2) is 52.3 Å². The minimum atomic E-state index is -0.383. The average molecular weight is 515 g/mol. The van der Waals surface area contributed by atoms with Crippen molar-refractivity contribution in [3.8, 4) is 23.0 Å². The van der Waals surface area contributed by atoms with E-state index in [1.807, 2.05) is 26.0 Å². The molecule has 2 amide bonds. The monoisotopic (exact) mass is 514 g/mol. The van der Waals surface area contributed by atoms with Crippen LogP contribution in [0.3, 0.4) is 0 Å². The van der Waals surface area contributed by atoms with Gasteiger partial charge in [0.05, 0.1) is 40.9 Å². The van der Waals surface area contributed by atoms with Gasteiger partial charge >= 0.3 is 0 Å². The summed E-state index contributed by atoms with van der Waals surface area (Å²) in [6.07, 6.45) is 0.852. The molecule has 202 valence electrons. The molecule has 0 aliphatic carbocycles. The molecule has 10 nitrogen and oxygen atoms in total. The number of guanidine groups is 1. The van der Waals surface area contributed by atoms with E-state index in [0.29, 0.717) is 36.0 Å². The van der Waals surface area contributed by atoms with Crippen molar-refractivity contribution in [2.24, 2.45) is 16.6 Å². The Bertz CT molecular complexity index is 1090. The molecule has 1 atom stereocenters. The van der Waals surface area contributed by atoms with E-state index in [2.05, 4.69) is 15.6 Å². The average Bonchev–Trinajstić information content (AvgIpc) is 2.86. The predicted octanol–water partition coefficient (Wildman–Crippen LogP) is 2.82. The number of hydrogen-bond donors (Lipinski definition) is 3. The van der Waals surface area contributed by atoms with Crippen LogP contribution in [0.1, 0.15) is 37.8 Å².